The number of ether oxygens (including phenoxy) is 1. The maximum absolute atomic E-state index is 5.38. The van der Waals surface area contributed by atoms with Crippen LogP contribution in [0.3, 0.4) is 0 Å². The van der Waals surface area contributed by atoms with Gasteiger partial charge in [0, 0.05) is 11.9 Å². The zero-order chi connectivity index (χ0) is 21.5. The second-order valence-electron chi connectivity index (χ2n) is 7.99. The van der Waals surface area contributed by atoms with Crippen molar-refractivity contribution in [3.8, 4) is 34.0 Å². The van der Waals surface area contributed by atoms with E-state index in [0.717, 1.165) is 64.4 Å². The molecule has 5 aromatic rings. The lowest BCUT2D eigenvalue weighted by Crippen LogP contribution is -2.23. The van der Waals surface area contributed by atoms with Crippen LogP contribution in [0.15, 0.2) is 66.9 Å². The van der Waals surface area contributed by atoms with E-state index in [1.165, 1.54) is 11.1 Å². The van der Waals surface area contributed by atoms with E-state index in [0.29, 0.717) is 0 Å². The monoisotopic (exact) mass is 458 g/mol. The van der Waals surface area contributed by atoms with Crippen molar-refractivity contribution >= 4 is 23.3 Å². The average Bonchev–Trinajstić information content (AvgIpc) is 3.50. The van der Waals surface area contributed by atoms with Crippen LogP contribution in [0.25, 0.3) is 39.1 Å². The number of rotatable bonds is 4. The van der Waals surface area contributed by atoms with Gasteiger partial charge < -0.3 is 10.1 Å². The number of aromatic nitrogens is 5. The summed E-state index contributed by atoms with van der Waals surface area (Å²) in [6.45, 7) is 1.92. The highest BCUT2D eigenvalue weighted by Gasteiger charge is 2.15. The summed E-state index contributed by atoms with van der Waals surface area (Å²) >= 11 is 0. The molecule has 0 unspecified atom stereocenters. The Morgan fingerprint density at radius 3 is 2.79 bits per heavy atom. The molecule has 7 nitrogen and oxygen atoms in total. The van der Waals surface area contributed by atoms with Crippen LogP contribution in [0.1, 0.15) is 11.1 Å². The van der Waals surface area contributed by atoms with Crippen LogP contribution in [0, 0.1) is 0 Å². The van der Waals surface area contributed by atoms with Gasteiger partial charge in [-0.2, -0.15) is 5.10 Å². The number of H-pyrrole nitrogens is 1. The molecule has 0 spiro atoms. The summed E-state index contributed by atoms with van der Waals surface area (Å²) in [5.41, 5.74) is 8.38. The van der Waals surface area contributed by atoms with E-state index in [2.05, 4.69) is 62.2 Å². The van der Waals surface area contributed by atoms with Crippen LogP contribution >= 0.6 is 12.4 Å². The molecule has 2 N–H and O–H groups in total. The minimum Gasteiger partial charge on any atom is -0.497 e. The molecule has 3 aromatic carbocycles. The summed E-state index contributed by atoms with van der Waals surface area (Å²) < 4.78 is 7.19. The first-order chi connectivity index (χ1) is 15.8. The molecule has 0 atom stereocenters. The smallest absolute Gasteiger partial charge is 0.134 e. The third-order valence-electron chi connectivity index (χ3n) is 6.04. The number of nitrogens with zero attached hydrogens (tertiary/aromatic N) is 4. The maximum Gasteiger partial charge on any atom is 0.134 e. The number of methoxy groups -OCH3 is 1. The fourth-order valence-electron chi connectivity index (χ4n) is 4.30. The zero-order valence-electron chi connectivity index (χ0n) is 18.1. The molecule has 0 bridgehead atoms. The van der Waals surface area contributed by atoms with Crippen LogP contribution in [0.5, 0.6) is 5.75 Å². The van der Waals surface area contributed by atoms with Gasteiger partial charge in [0.1, 0.15) is 17.1 Å². The van der Waals surface area contributed by atoms with E-state index in [1.807, 2.05) is 35.1 Å². The summed E-state index contributed by atoms with van der Waals surface area (Å²) in [4.78, 5) is 0. The number of fused-ring (bicyclic) bond motifs is 2. The molecular weight excluding hydrogens is 436 g/mol. The Morgan fingerprint density at radius 1 is 0.970 bits per heavy atom. The molecule has 0 radical (unpaired) electrons. The lowest BCUT2D eigenvalue weighted by atomic mass is 10.0. The van der Waals surface area contributed by atoms with Crippen LogP contribution in [-0.4, -0.2) is 38.8 Å². The molecule has 33 heavy (non-hydrogen) atoms. The lowest BCUT2D eigenvalue weighted by Gasteiger charge is -2.17. The maximum atomic E-state index is 5.38. The molecule has 0 saturated carbocycles. The number of nitrogens with one attached hydrogen (secondary N) is 2. The van der Waals surface area contributed by atoms with Crippen LogP contribution in [0.2, 0.25) is 0 Å². The van der Waals surface area contributed by atoms with Gasteiger partial charge in [0.15, 0.2) is 0 Å². The van der Waals surface area contributed by atoms with Crippen molar-refractivity contribution in [1.82, 2.24) is 30.5 Å². The third kappa shape index (κ3) is 3.86. The summed E-state index contributed by atoms with van der Waals surface area (Å²) in [5, 5.41) is 20.9. The summed E-state index contributed by atoms with van der Waals surface area (Å²) in [5.74, 6) is 0.832. The van der Waals surface area contributed by atoms with Gasteiger partial charge >= 0.3 is 0 Å². The highest BCUT2D eigenvalue weighted by Crippen LogP contribution is 2.31. The predicted octanol–water partition coefficient (Wildman–Crippen LogP) is 4.55. The zero-order valence-corrected chi connectivity index (χ0v) is 18.9. The molecule has 1 aliphatic heterocycles. The van der Waals surface area contributed by atoms with Gasteiger partial charge in [0.25, 0.3) is 0 Å². The van der Waals surface area contributed by atoms with Crippen molar-refractivity contribution in [3.63, 3.8) is 0 Å². The Labute approximate surface area is 197 Å². The number of hydrogen-bond donors (Lipinski definition) is 2. The number of halogens is 1. The highest BCUT2D eigenvalue weighted by atomic mass is 35.5. The first-order valence-corrected chi connectivity index (χ1v) is 10.7. The van der Waals surface area contributed by atoms with Crippen molar-refractivity contribution in [1.29, 1.82) is 0 Å². The Hall–Kier alpha value is -3.68. The Morgan fingerprint density at radius 2 is 1.88 bits per heavy atom. The quantitative estimate of drug-likeness (QED) is 0.413. The second kappa shape index (κ2) is 8.69. The van der Waals surface area contributed by atoms with Gasteiger partial charge in [-0.15, -0.1) is 17.5 Å². The van der Waals surface area contributed by atoms with Crippen molar-refractivity contribution in [2.24, 2.45) is 0 Å². The lowest BCUT2D eigenvalue weighted by molar-refractivity contribution is 0.415. The van der Waals surface area contributed by atoms with Gasteiger partial charge in [0.2, 0.25) is 0 Å². The fourth-order valence-corrected chi connectivity index (χ4v) is 4.30. The fraction of sp³-hybridized carbons (Fsp3) is 0.160. The molecular formula is C25H23ClN6O. The molecule has 3 heterocycles. The number of benzene rings is 3. The summed E-state index contributed by atoms with van der Waals surface area (Å²) in [6, 6.07) is 20.8. The minimum atomic E-state index is 0. The summed E-state index contributed by atoms with van der Waals surface area (Å²) in [7, 11) is 1.68. The first-order valence-electron chi connectivity index (χ1n) is 10.7. The molecule has 166 valence electrons. The normalized spacial score (nSPS) is 12.9. The van der Waals surface area contributed by atoms with Crippen molar-refractivity contribution in [2.45, 2.75) is 13.0 Å². The third-order valence-corrected chi connectivity index (χ3v) is 6.04. The number of hydrogen-bond acceptors (Lipinski definition) is 5. The molecule has 0 amide bonds. The first kappa shape index (κ1) is 21.2. The average molecular weight is 459 g/mol. The van der Waals surface area contributed by atoms with Crippen LogP contribution < -0.4 is 10.1 Å². The molecule has 2 aromatic heterocycles. The van der Waals surface area contributed by atoms with Gasteiger partial charge in [-0.05, 0) is 71.6 Å². The molecule has 0 fully saturated rings. The van der Waals surface area contributed by atoms with Crippen molar-refractivity contribution in [3.05, 3.63) is 78.0 Å². The van der Waals surface area contributed by atoms with Crippen molar-refractivity contribution in [2.75, 3.05) is 13.7 Å². The van der Waals surface area contributed by atoms with E-state index in [4.69, 9.17) is 4.74 Å². The van der Waals surface area contributed by atoms with Crippen LogP contribution in [-0.2, 0) is 13.0 Å². The van der Waals surface area contributed by atoms with Gasteiger partial charge in [0.05, 0.1) is 24.5 Å². The minimum absolute atomic E-state index is 0. The molecule has 1 aliphatic rings. The molecule has 6 rings (SSSR count). The SMILES string of the molecule is COc1cccc(-c2ccc3[nH]nc(-c4cn(-c5ccc6c(c5)CNCC6)nn4)c3c2)c1.Cl. The Balaban J connectivity index is 0.00000228. The summed E-state index contributed by atoms with van der Waals surface area (Å²) in [6.07, 6.45) is 3.00. The van der Waals surface area contributed by atoms with Crippen LogP contribution in [0.4, 0.5) is 0 Å². The van der Waals surface area contributed by atoms with Gasteiger partial charge in [-0.3, -0.25) is 5.10 Å². The standard InChI is InChI=1S/C25H22N6O.ClH/c1-32-21-4-2-3-17(12-21)18-6-8-23-22(13-18)25(29-27-23)24-15-31(30-28-24)20-7-5-16-9-10-26-14-19(16)11-20;/h2-8,11-13,15,26H,9-10,14H2,1H3,(H,27,29);1H. The molecule has 0 saturated heterocycles. The molecule has 0 aliphatic carbocycles. The van der Waals surface area contributed by atoms with E-state index in [9.17, 15) is 0 Å². The highest BCUT2D eigenvalue weighted by molar-refractivity contribution is 5.94. The van der Waals surface area contributed by atoms with E-state index in [1.54, 1.807) is 7.11 Å². The van der Waals surface area contributed by atoms with Crippen molar-refractivity contribution < 1.29 is 4.74 Å². The van der Waals surface area contributed by atoms with Gasteiger partial charge in [-0.25, -0.2) is 4.68 Å². The van der Waals surface area contributed by atoms with E-state index in [-0.39, 0.29) is 12.4 Å². The second-order valence-corrected chi connectivity index (χ2v) is 7.99. The number of aromatic amines is 1. The van der Waals surface area contributed by atoms with E-state index >= 15 is 0 Å². The largest absolute Gasteiger partial charge is 0.497 e. The predicted molar refractivity (Wildman–Crippen MR) is 131 cm³/mol. The molecule has 8 heteroatoms. The van der Waals surface area contributed by atoms with Gasteiger partial charge in [-0.1, -0.05) is 29.5 Å². The Bertz CT molecular complexity index is 1440. The Kier molecular flexibility index (Phi) is 5.58. The topological polar surface area (TPSA) is 80.6 Å². The van der Waals surface area contributed by atoms with E-state index < -0.39 is 0 Å².